The molecule has 0 bridgehead atoms. The average molecular weight is 808 g/mol. The van der Waals surface area contributed by atoms with Gasteiger partial charge < -0.3 is 20.3 Å². The number of carbonyl (C=O) groups is 2. The van der Waals surface area contributed by atoms with Gasteiger partial charge in [0.1, 0.15) is 6.10 Å². The highest BCUT2D eigenvalue weighted by molar-refractivity contribution is 5.77. The van der Waals surface area contributed by atoms with Crippen LogP contribution in [0.25, 0.3) is 0 Å². The highest BCUT2D eigenvalue weighted by Crippen LogP contribution is 2.19. The molecule has 0 aliphatic carbocycles. The Bertz CT molecular complexity index is 821. The quantitative estimate of drug-likeness (QED) is 0.0420. The van der Waals surface area contributed by atoms with Gasteiger partial charge in [-0.15, -0.1) is 0 Å². The van der Waals surface area contributed by atoms with Gasteiger partial charge in [-0.3, -0.25) is 9.59 Å². The number of unbranched alkanes of at least 4 members (excludes halogenated alkanes) is 35. The second-order valence-corrected chi connectivity index (χ2v) is 17.9. The normalized spacial score (nSPS) is 13.1. The van der Waals surface area contributed by atoms with E-state index in [-0.39, 0.29) is 24.9 Å². The third-order valence-corrected chi connectivity index (χ3v) is 12.2. The van der Waals surface area contributed by atoms with E-state index in [4.69, 9.17) is 4.74 Å². The van der Waals surface area contributed by atoms with Gasteiger partial charge >= 0.3 is 5.97 Å². The monoisotopic (exact) mass is 808 g/mol. The van der Waals surface area contributed by atoms with Gasteiger partial charge in [0.25, 0.3) is 0 Å². The zero-order chi connectivity index (χ0) is 41.7. The molecule has 6 heteroatoms. The van der Waals surface area contributed by atoms with Crippen molar-refractivity contribution in [1.82, 2.24) is 5.32 Å². The van der Waals surface area contributed by atoms with Gasteiger partial charge in [0.2, 0.25) is 5.91 Å². The Balaban J connectivity index is 4.40. The third kappa shape index (κ3) is 41.4. The van der Waals surface area contributed by atoms with Crippen molar-refractivity contribution in [2.75, 3.05) is 6.61 Å². The lowest BCUT2D eigenvalue weighted by atomic mass is 10.0. The zero-order valence-electron chi connectivity index (χ0n) is 38.8. The van der Waals surface area contributed by atoms with E-state index in [1.165, 1.54) is 205 Å². The Hall–Kier alpha value is -1.14. The van der Waals surface area contributed by atoms with Gasteiger partial charge in [-0.2, -0.15) is 0 Å². The predicted molar refractivity (Wildman–Crippen MR) is 246 cm³/mol. The molecule has 3 unspecified atom stereocenters. The second-order valence-electron chi connectivity index (χ2n) is 17.9. The lowest BCUT2D eigenvalue weighted by Gasteiger charge is -2.24. The summed E-state index contributed by atoms with van der Waals surface area (Å²) in [7, 11) is 0. The number of nitrogens with one attached hydrogen (secondary N) is 1. The minimum atomic E-state index is -0.778. The summed E-state index contributed by atoms with van der Waals surface area (Å²) in [5.41, 5.74) is 0. The Morgan fingerprint density at radius 1 is 0.439 bits per heavy atom. The Labute approximate surface area is 356 Å². The first-order valence-corrected chi connectivity index (χ1v) is 25.8. The molecule has 0 radical (unpaired) electrons. The van der Waals surface area contributed by atoms with E-state index >= 15 is 0 Å². The standard InChI is InChI=1S/C51H101NO5/c1-4-7-10-13-16-19-21-23-25-26-28-31-34-37-40-43-49(54)48(46-53)52-50(55)45-47(42-39-36-33-30-18-15-12-9-6-3)57-51(56)44-41-38-35-32-29-27-24-22-20-17-14-11-8-5-2/h47-49,53-54H,4-46H2,1-3H3,(H,52,55). The first kappa shape index (κ1) is 55.9. The molecule has 0 heterocycles. The fraction of sp³-hybridized carbons (Fsp3) is 0.961. The number of esters is 1. The van der Waals surface area contributed by atoms with Crippen molar-refractivity contribution in [1.29, 1.82) is 0 Å². The molecule has 0 aromatic carbocycles. The molecule has 0 aliphatic rings. The Morgan fingerprint density at radius 2 is 0.737 bits per heavy atom. The van der Waals surface area contributed by atoms with Crippen molar-refractivity contribution in [3.63, 3.8) is 0 Å². The van der Waals surface area contributed by atoms with E-state index in [0.29, 0.717) is 19.3 Å². The second kappa shape index (κ2) is 45.9. The zero-order valence-corrected chi connectivity index (χ0v) is 38.8. The van der Waals surface area contributed by atoms with Crippen LogP contribution in [-0.2, 0) is 14.3 Å². The number of hydrogen-bond acceptors (Lipinski definition) is 5. The van der Waals surface area contributed by atoms with Crippen LogP contribution in [0.2, 0.25) is 0 Å². The lowest BCUT2D eigenvalue weighted by Crippen LogP contribution is -2.46. The topological polar surface area (TPSA) is 95.9 Å². The Kier molecular flexibility index (Phi) is 45.0. The number of hydrogen-bond donors (Lipinski definition) is 3. The van der Waals surface area contributed by atoms with Crippen LogP contribution < -0.4 is 5.32 Å². The van der Waals surface area contributed by atoms with E-state index in [9.17, 15) is 19.8 Å². The third-order valence-electron chi connectivity index (χ3n) is 12.2. The first-order chi connectivity index (χ1) is 28.0. The summed E-state index contributed by atoms with van der Waals surface area (Å²) in [6.07, 6.45) is 48.8. The molecule has 0 aromatic rings. The maximum absolute atomic E-state index is 13.2. The number of carbonyl (C=O) groups excluding carboxylic acids is 2. The van der Waals surface area contributed by atoms with Crippen LogP contribution >= 0.6 is 0 Å². The molecular formula is C51H101NO5. The lowest BCUT2D eigenvalue weighted by molar-refractivity contribution is -0.151. The van der Waals surface area contributed by atoms with Crippen LogP contribution in [0.5, 0.6) is 0 Å². The van der Waals surface area contributed by atoms with E-state index in [1.54, 1.807) is 0 Å². The average Bonchev–Trinajstić information content (AvgIpc) is 3.20. The van der Waals surface area contributed by atoms with E-state index in [0.717, 1.165) is 38.5 Å². The van der Waals surface area contributed by atoms with E-state index in [2.05, 4.69) is 26.1 Å². The number of aliphatic hydroxyl groups excluding tert-OH is 2. The molecule has 0 aromatic heterocycles. The molecule has 3 N–H and O–H groups in total. The molecule has 57 heavy (non-hydrogen) atoms. The fourth-order valence-electron chi connectivity index (χ4n) is 8.26. The largest absolute Gasteiger partial charge is 0.462 e. The minimum absolute atomic E-state index is 0.0870. The smallest absolute Gasteiger partial charge is 0.306 e. The van der Waals surface area contributed by atoms with Gasteiger partial charge in [0, 0.05) is 6.42 Å². The highest BCUT2D eigenvalue weighted by Gasteiger charge is 2.24. The summed E-state index contributed by atoms with van der Waals surface area (Å²) in [4.78, 5) is 26.0. The summed E-state index contributed by atoms with van der Waals surface area (Å²) >= 11 is 0. The van der Waals surface area contributed by atoms with Crippen molar-refractivity contribution in [3.05, 3.63) is 0 Å². The Morgan fingerprint density at radius 3 is 1.07 bits per heavy atom. The molecule has 0 aliphatic heterocycles. The van der Waals surface area contributed by atoms with Crippen molar-refractivity contribution >= 4 is 11.9 Å². The van der Waals surface area contributed by atoms with Crippen molar-refractivity contribution in [2.45, 2.75) is 309 Å². The fourth-order valence-corrected chi connectivity index (χ4v) is 8.26. The number of amides is 1. The number of aliphatic hydroxyl groups is 2. The summed E-state index contributed by atoms with van der Waals surface area (Å²) in [6, 6.07) is -0.691. The molecular weight excluding hydrogens is 707 g/mol. The van der Waals surface area contributed by atoms with Gasteiger partial charge in [0.05, 0.1) is 25.2 Å². The minimum Gasteiger partial charge on any atom is -0.462 e. The van der Waals surface area contributed by atoms with Crippen LogP contribution in [0, 0.1) is 0 Å². The van der Waals surface area contributed by atoms with Crippen LogP contribution in [0.1, 0.15) is 290 Å². The summed E-state index contributed by atoms with van der Waals surface area (Å²) < 4.78 is 5.92. The maximum Gasteiger partial charge on any atom is 0.306 e. The van der Waals surface area contributed by atoms with Gasteiger partial charge in [-0.05, 0) is 25.7 Å². The van der Waals surface area contributed by atoms with Gasteiger partial charge in [-0.1, -0.05) is 252 Å². The molecule has 3 atom stereocenters. The molecule has 0 saturated heterocycles. The summed E-state index contributed by atoms with van der Waals surface area (Å²) in [6.45, 7) is 6.50. The van der Waals surface area contributed by atoms with E-state index in [1.807, 2.05) is 0 Å². The first-order valence-electron chi connectivity index (χ1n) is 25.8. The highest BCUT2D eigenvalue weighted by atomic mass is 16.5. The SMILES string of the molecule is CCCCCCCCCCCCCCCCCC(O)C(CO)NC(=O)CC(CCCCCCCCCCC)OC(=O)CCCCCCCCCCCCCCCC. The molecule has 0 spiro atoms. The van der Waals surface area contributed by atoms with Gasteiger partial charge in [0.15, 0.2) is 0 Å². The number of rotatable bonds is 47. The van der Waals surface area contributed by atoms with Crippen molar-refractivity contribution in [3.8, 4) is 0 Å². The van der Waals surface area contributed by atoms with Gasteiger partial charge in [-0.25, -0.2) is 0 Å². The molecule has 0 rings (SSSR count). The summed E-state index contributed by atoms with van der Waals surface area (Å²) in [5, 5.41) is 23.7. The predicted octanol–water partition coefficient (Wildman–Crippen LogP) is 15.2. The van der Waals surface area contributed by atoms with Crippen LogP contribution in [0.4, 0.5) is 0 Å². The van der Waals surface area contributed by atoms with Crippen LogP contribution in [0.3, 0.4) is 0 Å². The van der Waals surface area contributed by atoms with Crippen molar-refractivity contribution < 1.29 is 24.5 Å². The molecule has 1 amide bonds. The summed E-state index contributed by atoms with van der Waals surface area (Å²) in [5.74, 6) is -0.454. The number of ether oxygens (including phenoxy) is 1. The van der Waals surface area contributed by atoms with E-state index < -0.39 is 18.2 Å². The molecule has 6 nitrogen and oxygen atoms in total. The molecule has 0 fully saturated rings. The van der Waals surface area contributed by atoms with Crippen LogP contribution in [-0.4, -0.2) is 46.9 Å². The van der Waals surface area contributed by atoms with Crippen LogP contribution in [0.15, 0.2) is 0 Å². The van der Waals surface area contributed by atoms with Crippen molar-refractivity contribution in [2.24, 2.45) is 0 Å². The maximum atomic E-state index is 13.2. The molecule has 0 saturated carbocycles. The molecule has 340 valence electrons.